The molecule has 0 saturated carbocycles. The summed E-state index contributed by atoms with van der Waals surface area (Å²) < 4.78 is 0. The number of anilines is 1. The zero-order valence-electron chi connectivity index (χ0n) is 8.92. The van der Waals surface area contributed by atoms with E-state index in [0.717, 1.165) is 0 Å². The third-order valence-electron chi connectivity index (χ3n) is 2.23. The first-order chi connectivity index (χ1) is 8.15. The lowest BCUT2D eigenvalue weighted by atomic mass is 10.2. The molecule has 0 heterocycles. The Kier molecular flexibility index (Phi) is 2.96. The van der Waals surface area contributed by atoms with Crippen LogP contribution in [0.5, 0.6) is 11.5 Å². The molecular weight excluding hydrogens is 218 g/mol. The lowest BCUT2D eigenvalue weighted by Gasteiger charge is -2.05. The summed E-state index contributed by atoms with van der Waals surface area (Å²) in [4.78, 5) is 11.8. The van der Waals surface area contributed by atoms with Crippen LogP contribution in [0, 0.1) is 0 Å². The molecule has 86 valence electrons. The molecule has 3 N–H and O–H groups in total. The van der Waals surface area contributed by atoms with Gasteiger partial charge in [-0.3, -0.25) is 4.79 Å². The lowest BCUT2D eigenvalue weighted by molar-refractivity contribution is 0.102. The van der Waals surface area contributed by atoms with Crippen molar-refractivity contribution in [3.63, 3.8) is 0 Å². The number of aromatic hydroxyl groups is 2. The van der Waals surface area contributed by atoms with Crippen molar-refractivity contribution in [2.45, 2.75) is 0 Å². The first-order valence-electron chi connectivity index (χ1n) is 5.04. The molecule has 4 heteroatoms. The highest BCUT2D eigenvalue weighted by atomic mass is 16.3. The van der Waals surface area contributed by atoms with Gasteiger partial charge >= 0.3 is 0 Å². The molecule has 2 aromatic carbocycles. The van der Waals surface area contributed by atoms with Gasteiger partial charge < -0.3 is 15.5 Å². The number of benzene rings is 2. The Morgan fingerprint density at radius 3 is 2.29 bits per heavy atom. The number of amides is 1. The fraction of sp³-hybridized carbons (Fsp3) is 0. The van der Waals surface area contributed by atoms with Crippen LogP contribution in [0.1, 0.15) is 10.4 Å². The molecule has 0 fully saturated rings. The first kappa shape index (κ1) is 11.0. The van der Waals surface area contributed by atoms with Crippen LogP contribution in [0.2, 0.25) is 0 Å². The summed E-state index contributed by atoms with van der Waals surface area (Å²) in [5.41, 5.74) is 0.953. The van der Waals surface area contributed by atoms with Crippen molar-refractivity contribution in [3.05, 3.63) is 54.1 Å². The van der Waals surface area contributed by atoms with Crippen molar-refractivity contribution in [2.75, 3.05) is 5.32 Å². The van der Waals surface area contributed by atoms with E-state index in [1.807, 2.05) is 0 Å². The maximum atomic E-state index is 11.8. The van der Waals surface area contributed by atoms with E-state index in [0.29, 0.717) is 11.3 Å². The monoisotopic (exact) mass is 229 g/mol. The fourth-order valence-corrected chi connectivity index (χ4v) is 1.40. The lowest BCUT2D eigenvalue weighted by Crippen LogP contribution is -2.11. The van der Waals surface area contributed by atoms with Crippen LogP contribution < -0.4 is 5.32 Å². The molecule has 17 heavy (non-hydrogen) atoms. The molecule has 0 unspecified atom stereocenters. The van der Waals surface area contributed by atoms with Crippen LogP contribution in [0.3, 0.4) is 0 Å². The highest BCUT2D eigenvalue weighted by Gasteiger charge is 2.06. The topological polar surface area (TPSA) is 69.6 Å². The van der Waals surface area contributed by atoms with Crippen molar-refractivity contribution in [1.29, 1.82) is 0 Å². The molecule has 0 spiro atoms. The third kappa shape index (κ3) is 2.75. The Hall–Kier alpha value is -2.49. The van der Waals surface area contributed by atoms with Crippen molar-refractivity contribution in [1.82, 2.24) is 0 Å². The molecule has 0 aliphatic rings. The zero-order chi connectivity index (χ0) is 12.3. The number of hydrogen-bond acceptors (Lipinski definition) is 3. The summed E-state index contributed by atoms with van der Waals surface area (Å²) in [6.45, 7) is 0. The van der Waals surface area contributed by atoms with Gasteiger partial charge in [-0.15, -0.1) is 0 Å². The van der Waals surface area contributed by atoms with E-state index in [9.17, 15) is 9.90 Å². The summed E-state index contributed by atoms with van der Waals surface area (Å²) in [5, 5.41) is 21.0. The van der Waals surface area contributed by atoms with Gasteiger partial charge in [-0.1, -0.05) is 6.07 Å². The summed E-state index contributed by atoms with van der Waals surface area (Å²) in [7, 11) is 0. The van der Waals surface area contributed by atoms with E-state index in [1.54, 1.807) is 24.3 Å². The number of phenols is 2. The smallest absolute Gasteiger partial charge is 0.255 e. The number of nitrogens with one attached hydrogen (secondary N) is 1. The van der Waals surface area contributed by atoms with E-state index in [1.165, 1.54) is 24.3 Å². The standard InChI is InChI=1S/C13H11NO3/c15-11-6-4-10(5-7-11)14-13(17)9-2-1-3-12(16)8-9/h1-8,15-16H,(H,14,17). The molecule has 0 atom stereocenters. The van der Waals surface area contributed by atoms with Crippen LogP contribution in [-0.2, 0) is 0 Å². The minimum Gasteiger partial charge on any atom is -0.508 e. The minimum absolute atomic E-state index is 0.0448. The van der Waals surface area contributed by atoms with Crippen molar-refractivity contribution < 1.29 is 15.0 Å². The van der Waals surface area contributed by atoms with E-state index in [2.05, 4.69) is 5.32 Å². The van der Waals surface area contributed by atoms with Crippen LogP contribution in [0.25, 0.3) is 0 Å². The average molecular weight is 229 g/mol. The number of carbonyl (C=O) groups excluding carboxylic acids is 1. The van der Waals surface area contributed by atoms with Gasteiger partial charge in [0.05, 0.1) is 0 Å². The fourth-order valence-electron chi connectivity index (χ4n) is 1.40. The zero-order valence-corrected chi connectivity index (χ0v) is 8.92. The quantitative estimate of drug-likeness (QED) is 0.692. The van der Waals surface area contributed by atoms with Gasteiger partial charge in [-0.25, -0.2) is 0 Å². The summed E-state index contributed by atoms with van der Waals surface area (Å²) in [5.74, 6) is -0.129. The Balaban J connectivity index is 2.14. The van der Waals surface area contributed by atoms with Gasteiger partial charge in [-0.2, -0.15) is 0 Å². The number of rotatable bonds is 2. The minimum atomic E-state index is -0.313. The van der Waals surface area contributed by atoms with Gasteiger partial charge in [0, 0.05) is 11.3 Å². The van der Waals surface area contributed by atoms with E-state index in [4.69, 9.17) is 5.11 Å². The molecule has 2 aromatic rings. The maximum absolute atomic E-state index is 11.8. The normalized spacial score (nSPS) is 9.88. The summed E-state index contributed by atoms with van der Waals surface area (Å²) >= 11 is 0. The van der Waals surface area contributed by atoms with E-state index >= 15 is 0 Å². The Morgan fingerprint density at radius 2 is 1.65 bits per heavy atom. The van der Waals surface area contributed by atoms with Crippen LogP contribution in [0.15, 0.2) is 48.5 Å². The first-order valence-corrected chi connectivity index (χ1v) is 5.04. The molecule has 0 aliphatic heterocycles. The van der Waals surface area contributed by atoms with Gasteiger partial charge in [0.25, 0.3) is 5.91 Å². The largest absolute Gasteiger partial charge is 0.508 e. The Morgan fingerprint density at radius 1 is 0.941 bits per heavy atom. The second kappa shape index (κ2) is 4.57. The summed E-state index contributed by atoms with van der Waals surface area (Å²) in [6.07, 6.45) is 0. The molecule has 0 bridgehead atoms. The van der Waals surface area contributed by atoms with Gasteiger partial charge in [0.1, 0.15) is 11.5 Å². The number of carbonyl (C=O) groups is 1. The molecule has 0 saturated heterocycles. The molecule has 0 aromatic heterocycles. The molecule has 4 nitrogen and oxygen atoms in total. The second-order valence-corrected chi connectivity index (χ2v) is 3.55. The van der Waals surface area contributed by atoms with Crippen molar-refractivity contribution >= 4 is 11.6 Å². The van der Waals surface area contributed by atoms with Gasteiger partial charge in [-0.05, 0) is 42.5 Å². The molecule has 1 amide bonds. The predicted octanol–water partition coefficient (Wildman–Crippen LogP) is 2.35. The van der Waals surface area contributed by atoms with Crippen molar-refractivity contribution in [3.8, 4) is 11.5 Å². The molecule has 0 radical (unpaired) electrons. The van der Waals surface area contributed by atoms with Gasteiger partial charge in [0.2, 0.25) is 0 Å². The SMILES string of the molecule is O=C(Nc1ccc(O)cc1)c1cccc(O)c1. The Labute approximate surface area is 98.2 Å². The van der Waals surface area contributed by atoms with Crippen molar-refractivity contribution in [2.24, 2.45) is 0 Å². The van der Waals surface area contributed by atoms with Crippen LogP contribution in [0.4, 0.5) is 5.69 Å². The highest BCUT2D eigenvalue weighted by molar-refractivity contribution is 6.04. The molecule has 2 rings (SSSR count). The highest BCUT2D eigenvalue weighted by Crippen LogP contribution is 2.16. The van der Waals surface area contributed by atoms with Crippen LogP contribution >= 0.6 is 0 Å². The molecular formula is C13H11NO3. The molecule has 0 aliphatic carbocycles. The maximum Gasteiger partial charge on any atom is 0.255 e. The summed E-state index contributed by atoms with van der Waals surface area (Å²) in [6, 6.07) is 12.2. The second-order valence-electron chi connectivity index (χ2n) is 3.55. The Bertz CT molecular complexity index is 535. The van der Waals surface area contributed by atoms with Crippen LogP contribution in [-0.4, -0.2) is 16.1 Å². The van der Waals surface area contributed by atoms with E-state index < -0.39 is 0 Å². The number of phenolic OH excluding ortho intramolecular Hbond substituents is 2. The average Bonchev–Trinajstić information content (AvgIpc) is 2.32. The third-order valence-corrected chi connectivity index (χ3v) is 2.23. The van der Waals surface area contributed by atoms with Gasteiger partial charge in [0.15, 0.2) is 0 Å². The number of hydrogen-bond donors (Lipinski definition) is 3. The van der Waals surface area contributed by atoms with E-state index in [-0.39, 0.29) is 17.4 Å². The predicted molar refractivity (Wildman–Crippen MR) is 64.2 cm³/mol.